The number of nitrogens with one attached hydrogen (secondary N) is 1. The van der Waals surface area contributed by atoms with Gasteiger partial charge in [0.1, 0.15) is 28.8 Å². The highest BCUT2D eigenvalue weighted by Gasteiger charge is 2.38. The standard InChI is InChI=1S/C24H31ClN6O5S/c1-14(21-26-11-17(25)12-27-21)15(2)37(32,33)30-23-29-28-22(16-10-24(3,4)36-13-16)31(23)20-18(34-5)8-7-9-19(20)35-6/h7-9,11-12,14-16H,10,13H2,1-6H3,(H,29,30)/t14?,15?,16-/m0/s1. The Morgan fingerprint density at radius 3 is 2.30 bits per heavy atom. The highest BCUT2D eigenvalue weighted by atomic mass is 35.5. The number of rotatable bonds is 9. The van der Waals surface area contributed by atoms with Gasteiger partial charge in [0.2, 0.25) is 16.0 Å². The summed E-state index contributed by atoms with van der Waals surface area (Å²) in [6.07, 6.45) is 3.56. The van der Waals surface area contributed by atoms with Gasteiger partial charge in [0.25, 0.3) is 0 Å². The van der Waals surface area contributed by atoms with Crippen LogP contribution in [-0.2, 0) is 14.8 Å². The van der Waals surface area contributed by atoms with Crippen molar-refractivity contribution in [3.05, 3.63) is 47.3 Å². The highest BCUT2D eigenvalue weighted by Crippen LogP contribution is 2.41. The maximum atomic E-state index is 13.5. The lowest BCUT2D eigenvalue weighted by atomic mass is 9.97. The molecule has 1 aliphatic heterocycles. The van der Waals surface area contributed by atoms with Gasteiger partial charge >= 0.3 is 0 Å². The molecule has 3 aromatic rings. The maximum Gasteiger partial charge on any atom is 0.243 e. The van der Waals surface area contributed by atoms with Crippen LogP contribution in [0.25, 0.3) is 5.69 Å². The third-order valence-corrected chi connectivity index (χ3v) is 8.62. The zero-order valence-corrected chi connectivity index (χ0v) is 23.2. The molecule has 3 heterocycles. The minimum Gasteiger partial charge on any atom is -0.494 e. The van der Waals surface area contributed by atoms with Crippen molar-refractivity contribution in [1.82, 2.24) is 24.7 Å². The number of para-hydroxylation sites is 1. The van der Waals surface area contributed by atoms with E-state index in [0.717, 1.165) is 0 Å². The van der Waals surface area contributed by atoms with Gasteiger partial charge in [-0.25, -0.2) is 18.4 Å². The van der Waals surface area contributed by atoms with Crippen molar-refractivity contribution in [3.8, 4) is 17.2 Å². The summed E-state index contributed by atoms with van der Waals surface area (Å²) in [5, 5.41) is 8.12. The molecule has 13 heteroatoms. The number of aromatic nitrogens is 5. The predicted octanol–water partition coefficient (Wildman–Crippen LogP) is 3.94. The molecule has 4 rings (SSSR count). The van der Waals surface area contributed by atoms with Gasteiger partial charge in [-0.05, 0) is 39.3 Å². The smallest absolute Gasteiger partial charge is 0.243 e. The van der Waals surface area contributed by atoms with Crippen LogP contribution in [0.15, 0.2) is 30.6 Å². The van der Waals surface area contributed by atoms with Gasteiger partial charge in [-0.3, -0.25) is 9.29 Å². The lowest BCUT2D eigenvalue weighted by Gasteiger charge is -2.22. The van der Waals surface area contributed by atoms with Gasteiger partial charge in [-0.2, -0.15) is 0 Å². The third kappa shape index (κ3) is 5.51. The molecule has 0 radical (unpaired) electrons. The molecule has 2 unspecified atom stereocenters. The Bertz CT molecular complexity index is 1340. The molecular formula is C24H31ClN6O5S. The van der Waals surface area contributed by atoms with E-state index in [1.54, 1.807) is 36.6 Å². The van der Waals surface area contributed by atoms with Crippen LogP contribution < -0.4 is 14.2 Å². The molecule has 200 valence electrons. The Kier molecular flexibility index (Phi) is 7.63. The van der Waals surface area contributed by atoms with Crippen molar-refractivity contribution in [2.24, 2.45) is 0 Å². The summed E-state index contributed by atoms with van der Waals surface area (Å²) in [6.45, 7) is 7.75. The first-order valence-corrected chi connectivity index (χ1v) is 13.7. The molecule has 3 atom stereocenters. The van der Waals surface area contributed by atoms with E-state index in [1.807, 2.05) is 13.8 Å². The topological polar surface area (TPSA) is 130 Å². The van der Waals surface area contributed by atoms with Crippen LogP contribution in [0.4, 0.5) is 5.95 Å². The molecule has 0 spiro atoms. The molecule has 2 aromatic heterocycles. The van der Waals surface area contributed by atoms with E-state index in [9.17, 15) is 8.42 Å². The zero-order valence-electron chi connectivity index (χ0n) is 21.6. The molecule has 1 saturated heterocycles. The van der Waals surface area contributed by atoms with Crippen LogP contribution in [0.3, 0.4) is 0 Å². The van der Waals surface area contributed by atoms with Crippen LogP contribution in [0.2, 0.25) is 5.02 Å². The van der Waals surface area contributed by atoms with E-state index in [0.29, 0.717) is 46.9 Å². The van der Waals surface area contributed by atoms with Crippen LogP contribution in [0, 0.1) is 0 Å². The lowest BCUT2D eigenvalue weighted by Crippen LogP contribution is -2.31. The number of hydrogen-bond acceptors (Lipinski definition) is 9. The Hall–Kier alpha value is -2.96. The normalized spacial score (nSPS) is 18.8. The number of ether oxygens (including phenoxy) is 3. The number of halogens is 1. The number of anilines is 1. The van der Waals surface area contributed by atoms with Crippen molar-refractivity contribution in [3.63, 3.8) is 0 Å². The fourth-order valence-electron chi connectivity index (χ4n) is 4.36. The van der Waals surface area contributed by atoms with Crippen molar-refractivity contribution in [2.75, 3.05) is 25.5 Å². The number of sulfonamides is 1. The summed E-state index contributed by atoms with van der Waals surface area (Å²) in [5.41, 5.74) is 0.130. The molecule has 0 saturated carbocycles. The Balaban J connectivity index is 1.78. The molecule has 1 aromatic carbocycles. The molecule has 1 aliphatic rings. The fourth-order valence-corrected chi connectivity index (χ4v) is 5.69. The van der Waals surface area contributed by atoms with Crippen LogP contribution in [0.1, 0.15) is 57.6 Å². The molecule has 0 bridgehead atoms. The van der Waals surface area contributed by atoms with E-state index in [2.05, 4.69) is 24.9 Å². The highest BCUT2D eigenvalue weighted by molar-refractivity contribution is 7.93. The van der Waals surface area contributed by atoms with Crippen molar-refractivity contribution in [1.29, 1.82) is 0 Å². The summed E-state index contributed by atoms with van der Waals surface area (Å²) in [7, 11) is -0.910. The van der Waals surface area contributed by atoms with E-state index in [4.69, 9.17) is 25.8 Å². The minimum atomic E-state index is -3.97. The first kappa shape index (κ1) is 27.1. The van der Waals surface area contributed by atoms with Crippen molar-refractivity contribution < 1.29 is 22.6 Å². The summed E-state index contributed by atoms with van der Waals surface area (Å²) in [6, 6.07) is 5.31. The van der Waals surface area contributed by atoms with E-state index < -0.39 is 21.2 Å². The average molecular weight is 551 g/mol. The molecule has 37 heavy (non-hydrogen) atoms. The Morgan fingerprint density at radius 1 is 1.14 bits per heavy atom. The van der Waals surface area contributed by atoms with Gasteiger partial charge in [0.05, 0.1) is 36.7 Å². The van der Waals surface area contributed by atoms with Crippen molar-refractivity contribution >= 4 is 27.6 Å². The molecule has 1 fully saturated rings. The molecule has 11 nitrogen and oxygen atoms in total. The van der Waals surface area contributed by atoms with Gasteiger partial charge < -0.3 is 14.2 Å². The summed E-state index contributed by atoms with van der Waals surface area (Å²) in [4.78, 5) is 8.37. The van der Waals surface area contributed by atoms with Gasteiger partial charge in [-0.1, -0.05) is 24.6 Å². The van der Waals surface area contributed by atoms with Crippen LogP contribution in [-0.4, -0.2) is 64.8 Å². The van der Waals surface area contributed by atoms with Gasteiger partial charge in [-0.15, -0.1) is 10.2 Å². The van der Waals surface area contributed by atoms with Gasteiger partial charge in [0.15, 0.2) is 0 Å². The zero-order chi connectivity index (χ0) is 27.0. The average Bonchev–Trinajstić information content (AvgIpc) is 3.44. The number of methoxy groups -OCH3 is 2. The van der Waals surface area contributed by atoms with E-state index >= 15 is 0 Å². The monoisotopic (exact) mass is 550 g/mol. The molecule has 0 amide bonds. The van der Waals surface area contributed by atoms with Crippen LogP contribution >= 0.6 is 11.6 Å². The SMILES string of the molecule is COc1cccc(OC)c1-n1c(NS(=O)(=O)C(C)C(C)c2ncc(Cl)cn2)nnc1[C@@H]1COC(C)(C)C1. The molecular weight excluding hydrogens is 520 g/mol. The fraction of sp³-hybridized carbons (Fsp3) is 0.500. The quantitative estimate of drug-likeness (QED) is 0.420. The second-order valence-electron chi connectivity index (χ2n) is 9.60. The largest absolute Gasteiger partial charge is 0.494 e. The molecule has 1 N–H and O–H groups in total. The third-order valence-electron chi connectivity index (χ3n) is 6.57. The summed E-state index contributed by atoms with van der Waals surface area (Å²) in [5.74, 6) is 1.18. The Morgan fingerprint density at radius 2 is 1.76 bits per heavy atom. The van der Waals surface area contributed by atoms with Gasteiger partial charge in [0, 0.05) is 24.2 Å². The number of hydrogen-bond donors (Lipinski definition) is 1. The summed E-state index contributed by atoms with van der Waals surface area (Å²) < 4.78 is 48.6. The van der Waals surface area contributed by atoms with E-state index in [-0.39, 0.29) is 17.5 Å². The number of benzene rings is 1. The summed E-state index contributed by atoms with van der Waals surface area (Å²) >= 11 is 5.89. The predicted molar refractivity (Wildman–Crippen MR) is 139 cm³/mol. The second kappa shape index (κ2) is 10.4. The van der Waals surface area contributed by atoms with Crippen molar-refractivity contribution in [2.45, 2.75) is 56.8 Å². The second-order valence-corrected chi connectivity index (χ2v) is 12.1. The number of nitrogens with zero attached hydrogens (tertiary/aromatic N) is 5. The first-order chi connectivity index (χ1) is 17.5. The van der Waals surface area contributed by atoms with Crippen LogP contribution in [0.5, 0.6) is 11.5 Å². The minimum absolute atomic E-state index is 0.0126. The van der Waals surface area contributed by atoms with E-state index in [1.165, 1.54) is 26.6 Å². The Labute approximate surface area is 221 Å². The maximum absolute atomic E-state index is 13.5. The molecule has 0 aliphatic carbocycles. The first-order valence-electron chi connectivity index (χ1n) is 11.8. The lowest BCUT2D eigenvalue weighted by molar-refractivity contribution is 0.0360.